The van der Waals surface area contributed by atoms with Crippen LogP contribution in [0.3, 0.4) is 0 Å². The Hall–Kier alpha value is -3.81. The van der Waals surface area contributed by atoms with Gasteiger partial charge in [0.1, 0.15) is 6.33 Å². The summed E-state index contributed by atoms with van der Waals surface area (Å²) in [5.41, 5.74) is 1.95. The molecule has 4 aromatic rings. The number of hydrogen-bond acceptors (Lipinski definition) is 7. The lowest BCUT2D eigenvalue weighted by atomic mass is 10.2. The van der Waals surface area contributed by atoms with Crippen LogP contribution in [0.25, 0.3) is 17.0 Å². The number of benzene rings is 2. The Balaban J connectivity index is 1.43. The van der Waals surface area contributed by atoms with Crippen LogP contribution in [-0.2, 0) is 11.3 Å². The van der Waals surface area contributed by atoms with Crippen LogP contribution in [0.1, 0.15) is 16.2 Å². The maximum atomic E-state index is 12.3. The molecule has 8 heteroatoms. The molecule has 2 aromatic heterocycles. The summed E-state index contributed by atoms with van der Waals surface area (Å²) in [7, 11) is 0. The summed E-state index contributed by atoms with van der Waals surface area (Å²) in [5, 5.41) is 10.9. The summed E-state index contributed by atoms with van der Waals surface area (Å²) in [4.78, 5) is 16.4. The van der Waals surface area contributed by atoms with E-state index in [-0.39, 0.29) is 6.61 Å². The van der Waals surface area contributed by atoms with E-state index in [0.717, 1.165) is 5.56 Å². The Labute approximate surface area is 148 Å². The van der Waals surface area contributed by atoms with Gasteiger partial charge in [-0.05, 0) is 28.6 Å². The van der Waals surface area contributed by atoms with E-state index in [9.17, 15) is 4.79 Å². The van der Waals surface area contributed by atoms with Crippen LogP contribution < -0.4 is 0 Å². The Bertz CT molecular complexity index is 1010. The first-order valence-electron chi connectivity index (χ1n) is 7.80. The van der Waals surface area contributed by atoms with Crippen LogP contribution in [0, 0.1) is 0 Å². The maximum Gasteiger partial charge on any atom is 0.338 e. The van der Waals surface area contributed by atoms with Crippen molar-refractivity contribution in [3.63, 3.8) is 0 Å². The van der Waals surface area contributed by atoms with Gasteiger partial charge in [-0.1, -0.05) is 36.4 Å². The van der Waals surface area contributed by atoms with Gasteiger partial charge in [-0.15, -0.1) is 5.10 Å². The Morgan fingerprint density at radius 3 is 2.81 bits per heavy atom. The third-order valence-electron chi connectivity index (χ3n) is 3.63. The lowest BCUT2D eigenvalue weighted by Crippen LogP contribution is -2.06. The normalized spacial score (nSPS) is 10.6. The summed E-state index contributed by atoms with van der Waals surface area (Å²) in [6, 6.07) is 16.4. The summed E-state index contributed by atoms with van der Waals surface area (Å²) >= 11 is 0. The van der Waals surface area contributed by atoms with Crippen molar-refractivity contribution in [2.75, 3.05) is 0 Å². The van der Waals surface area contributed by atoms with Crippen molar-refractivity contribution in [2.45, 2.75) is 6.61 Å². The van der Waals surface area contributed by atoms with Gasteiger partial charge in [0.2, 0.25) is 5.89 Å². The van der Waals surface area contributed by atoms with Crippen molar-refractivity contribution in [3.8, 4) is 17.0 Å². The number of rotatable bonds is 5. The number of tetrazole rings is 1. The zero-order valence-corrected chi connectivity index (χ0v) is 13.5. The molecule has 0 saturated carbocycles. The lowest BCUT2D eigenvalue weighted by molar-refractivity contribution is 0.0439. The SMILES string of the molecule is O=C(OCc1ncc(-c2ccccc2)o1)c1cccc(-n2cnnn2)c1. The van der Waals surface area contributed by atoms with Crippen molar-refractivity contribution in [3.05, 3.63) is 78.6 Å². The minimum atomic E-state index is -0.487. The Morgan fingerprint density at radius 1 is 1.12 bits per heavy atom. The molecule has 0 unspecified atom stereocenters. The monoisotopic (exact) mass is 347 g/mol. The fourth-order valence-corrected chi connectivity index (χ4v) is 2.38. The van der Waals surface area contributed by atoms with Gasteiger partial charge in [0.05, 0.1) is 17.4 Å². The highest BCUT2D eigenvalue weighted by Gasteiger charge is 2.12. The number of carbonyl (C=O) groups is 1. The fraction of sp³-hybridized carbons (Fsp3) is 0.0556. The number of esters is 1. The molecule has 0 amide bonds. The molecule has 8 nitrogen and oxygen atoms in total. The molecule has 0 atom stereocenters. The molecule has 0 spiro atoms. The minimum absolute atomic E-state index is 0.0548. The van der Waals surface area contributed by atoms with Crippen LogP contribution >= 0.6 is 0 Å². The van der Waals surface area contributed by atoms with Crippen molar-refractivity contribution in [1.29, 1.82) is 0 Å². The van der Waals surface area contributed by atoms with E-state index in [1.54, 1.807) is 30.5 Å². The molecular formula is C18H13N5O3. The number of ether oxygens (including phenoxy) is 1. The van der Waals surface area contributed by atoms with Gasteiger partial charge in [-0.3, -0.25) is 0 Å². The minimum Gasteiger partial charge on any atom is -0.452 e. The molecule has 0 aliphatic rings. The van der Waals surface area contributed by atoms with Crippen LogP contribution in [0.2, 0.25) is 0 Å². The molecule has 0 N–H and O–H groups in total. The third kappa shape index (κ3) is 3.34. The molecule has 0 bridgehead atoms. The summed E-state index contributed by atoms with van der Waals surface area (Å²) in [6.45, 7) is -0.0548. The molecular weight excluding hydrogens is 334 g/mol. The Kier molecular flexibility index (Phi) is 4.21. The van der Waals surface area contributed by atoms with Crippen LogP contribution in [0.4, 0.5) is 0 Å². The number of hydrogen-bond donors (Lipinski definition) is 0. The smallest absolute Gasteiger partial charge is 0.338 e. The number of aromatic nitrogens is 5. The average molecular weight is 347 g/mol. The standard InChI is InChI=1S/C18H13N5O3/c24-18(14-7-4-8-15(9-14)23-12-20-21-22-23)25-11-17-19-10-16(26-17)13-5-2-1-3-6-13/h1-10,12H,11H2. The largest absolute Gasteiger partial charge is 0.452 e. The van der Waals surface area contributed by atoms with Gasteiger partial charge in [-0.25, -0.2) is 14.5 Å². The van der Waals surface area contributed by atoms with E-state index in [1.807, 2.05) is 30.3 Å². The highest BCUT2D eigenvalue weighted by Crippen LogP contribution is 2.20. The molecule has 0 radical (unpaired) electrons. The molecule has 0 saturated heterocycles. The second-order valence-electron chi connectivity index (χ2n) is 5.37. The molecule has 26 heavy (non-hydrogen) atoms. The van der Waals surface area contributed by atoms with E-state index in [0.29, 0.717) is 22.9 Å². The number of nitrogens with zero attached hydrogens (tertiary/aromatic N) is 5. The van der Waals surface area contributed by atoms with Crippen LogP contribution in [0.15, 0.2) is 71.5 Å². The van der Waals surface area contributed by atoms with E-state index < -0.39 is 5.97 Å². The van der Waals surface area contributed by atoms with Gasteiger partial charge in [0.25, 0.3) is 0 Å². The first-order valence-corrected chi connectivity index (χ1v) is 7.80. The maximum absolute atomic E-state index is 12.3. The van der Waals surface area contributed by atoms with Crippen molar-refractivity contribution in [2.24, 2.45) is 0 Å². The fourth-order valence-electron chi connectivity index (χ4n) is 2.38. The zero-order valence-electron chi connectivity index (χ0n) is 13.5. The molecule has 0 aliphatic heterocycles. The topological polar surface area (TPSA) is 95.9 Å². The van der Waals surface area contributed by atoms with E-state index >= 15 is 0 Å². The van der Waals surface area contributed by atoms with Crippen molar-refractivity contribution >= 4 is 5.97 Å². The summed E-state index contributed by atoms with van der Waals surface area (Å²) < 4.78 is 12.4. The first kappa shape index (κ1) is 15.7. The van der Waals surface area contributed by atoms with E-state index in [4.69, 9.17) is 9.15 Å². The summed E-state index contributed by atoms with van der Waals surface area (Å²) in [6.07, 6.45) is 3.05. The predicted octanol–water partition coefficient (Wildman–Crippen LogP) is 2.67. The molecule has 0 fully saturated rings. The van der Waals surface area contributed by atoms with Crippen LogP contribution in [-0.4, -0.2) is 31.2 Å². The average Bonchev–Trinajstić information content (AvgIpc) is 3.39. The molecule has 0 aliphatic carbocycles. The van der Waals surface area contributed by atoms with Crippen LogP contribution in [0.5, 0.6) is 0 Å². The van der Waals surface area contributed by atoms with Gasteiger partial charge >= 0.3 is 5.97 Å². The van der Waals surface area contributed by atoms with Gasteiger partial charge in [0, 0.05) is 5.56 Å². The number of oxazole rings is 1. The highest BCUT2D eigenvalue weighted by molar-refractivity contribution is 5.90. The highest BCUT2D eigenvalue weighted by atomic mass is 16.5. The lowest BCUT2D eigenvalue weighted by Gasteiger charge is -2.04. The molecule has 2 aromatic carbocycles. The van der Waals surface area contributed by atoms with E-state index in [1.165, 1.54) is 11.0 Å². The molecule has 2 heterocycles. The third-order valence-corrected chi connectivity index (χ3v) is 3.63. The van der Waals surface area contributed by atoms with Gasteiger partial charge < -0.3 is 9.15 Å². The van der Waals surface area contributed by atoms with E-state index in [2.05, 4.69) is 20.5 Å². The Morgan fingerprint density at radius 2 is 2.00 bits per heavy atom. The first-order chi connectivity index (χ1) is 12.8. The zero-order chi connectivity index (χ0) is 17.8. The number of carbonyl (C=O) groups excluding carboxylic acids is 1. The van der Waals surface area contributed by atoms with Crippen molar-refractivity contribution in [1.82, 2.24) is 25.2 Å². The second kappa shape index (κ2) is 6.98. The van der Waals surface area contributed by atoms with Gasteiger partial charge in [-0.2, -0.15) is 0 Å². The quantitative estimate of drug-likeness (QED) is 0.512. The summed E-state index contributed by atoms with van der Waals surface area (Å²) in [5.74, 6) is 0.463. The van der Waals surface area contributed by atoms with Gasteiger partial charge in [0.15, 0.2) is 12.4 Å². The molecule has 128 valence electrons. The van der Waals surface area contributed by atoms with Crippen molar-refractivity contribution < 1.29 is 13.9 Å². The second-order valence-corrected chi connectivity index (χ2v) is 5.37. The predicted molar refractivity (Wildman–Crippen MR) is 90.2 cm³/mol. The molecule has 4 rings (SSSR count).